The molecule has 1 N–H and O–H groups in total. The minimum atomic E-state index is -4.60. The van der Waals surface area contributed by atoms with Gasteiger partial charge in [0.2, 0.25) is 0 Å². The van der Waals surface area contributed by atoms with E-state index in [2.05, 4.69) is 0 Å². The Morgan fingerprint density at radius 1 is 1.16 bits per heavy atom. The number of carboxylic acids is 1. The van der Waals surface area contributed by atoms with E-state index in [1.54, 1.807) is 0 Å². The van der Waals surface area contributed by atoms with E-state index in [1.807, 2.05) is 0 Å². The van der Waals surface area contributed by atoms with Crippen LogP contribution >= 0.6 is 23.2 Å². The maximum atomic E-state index is 12.9. The molecule has 0 amide bonds. The van der Waals surface area contributed by atoms with E-state index < -0.39 is 38.0 Å². The number of carbonyl (C=O) groups is 1. The van der Waals surface area contributed by atoms with Gasteiger partial charge < -0.3 is 5.11 Å². The molecular formula is C14H10Cl2N2O6S. The molecule has 2 rings (SSSR count). The summed E-state index contributed by atoms with van der Waals surface area (Å²) in [5.41, 5.74) is -0.884. The molecule has 0 fully saturated rings. The lowest BCUT2D eigenvalue weighted by Crippen LogP contribution is -2.36. The van der Waals surface area contributed by atoms with E-state index in [4.69, 9.17) is 28.3 Å². The van der Waals surface area contributed by atoms with Gasteiger partial charge in [-0.1, -0.05) is 41.4 Å². The number of sulfonamides is 1. The third-order valence-electron chi connectivity index (χ3n) is 3.11. The van der Waals surface area contributed by atoms with Gasteiger partial charge in [0, 0.05) is 6.07 Å². The Bertz CT molecular complexity index is 948. The summed E-state index contributed by atoms with van der Waals surface area (Å²) in [4.78, 5) is 20.8. The first-order chi connectivity index (χ1) is 11.7. The summed E-state index contributed by atoms with van der Waals surface area (Å²) in [5, 5.41) is 20.0. The normalized spacial score (nSPS) is 11.1. The zero-order valence-corrected chi connectivity index (χ0v) is 14.6. The van der Waals surface area contributed by atoms with Gasteiger partial charge in [-0.3, -0.25) is 19.2 Å². The van der Waals surface area contributed by atoms with Gasteiger partial charge in [0.1, 0.15) is 6.54 Å². The lowest BCUT2D eigenvalue weighted by Gasteiger charge is -2.23. The van der Waals surface area contributed by atoms with Crippen LogP contribution in [0.3, 0.4) is 0 Å². The van der Waals surface area contributed by atoms with Gasteiger partial charge in [-0.15, -0.1) is 0 Å². The van der Waals surface area contributed by atoms with Crippen LogP contribution in [-0.2, 0) is 14.8 Å². The Labute approximate surface area is 152 Å². The highest BCUT2D eigenvalue weighted by Crippen LogP contribution is 2.36. The van der Waals surface area contributed by atoms with Gasteiger partial charge in [0.25, 0.3) is 15.7 Å². The SMILES string of the molecule is O=C(O)CN(c1cccc(Cl)c1Cl)S(=O)(=O)c1ccccc1[N+](=O)[O-]. The monoisotopic (exact) mass is 404 g/mol. The van der Waals surface area contributed by atoms with Crippen molar-refractivity contribution in [3.8, 4) is 0 Å². The summed E-state index contributed by atoms with van der Waals surface area (Å²) in [6, 6.07) is 8.64. The lowest BCUT2D eigenvalue weighted by atomic mass is 10.3. The van der Waals surface area contributed by atoms with Crippen molar-refractivity contribution in [1.82, 2.24) is 0 Å². The summed E-state index contributed by atoms with van der Waals surface area (Å²) >= 11 is 11.9. The third kappa shape index (κ3) is 3.84. The molecule has 0 spiro atoms. The predicted molar refractivity (Wildman–Crippen MR) is 91.7 cm³/mol. The number of anilines is 1. The van der Waals surface area contributed by atoms with Crippen molar-refractivity contribution in [3.63, 3.8) is 0 Å². The van der Waals surface area contributed by atoms with Crippen LogP contribution in [0.5, 0.6) is 0 Å². The first kappa shape index (κ1) is 19.0. The van der Waals surface area contributed by atoms with E-state index >= 15 is 0 Å². The highest BCUT2D eigenvalue weighted by Gasteiger charge is 2.34. The second-order valence-corrected chi connectivity index (χ2v) is 7.32. The van der Waals surface area contributed by atoms with Gasteiger partial charge in [-0.2, -0.15) is 0 Å². The number of nitro groups is 1. The molecule has 0 saturated carbocycles. The molecular weight excluding hydrogens is 395 g/mol. The molecule has 0 heterocycles. The fraction of sp³-hybridized carbons (Fsp3) is 0.0714. The van der Waals surface area contributed by atoms with Crippen molar-refractivity contribution in [2.24, 2.45) is 0 Å². The summed E-state index contributed by atoms with van der Waals surface area (Å²) in [6.07, 6.45) is 0. The molecule has 132 valence electrons. The molecule has 0 atom stereocenters. The highest BCUT2D eigenvalue weighted by molar-refractivity contribution is 7.93. The first-order valence-electron chi connectivity index (χ1n) is 6.58. The largest absolute Gasteiger partial charge is 0.480 e. The highest BCUT2D eigenvalue weighted by atomic mass is 35.5. The molecule has 0 aliphatic heterocycles. The van der Waals surface area contributed by atoms with Crippen LogP contribution in [0.15, 0.2) is 47.4 Å². The van der Waals surface area contributed by atoms with Crippen LogP contribution < -0.4 is 4.31 Å². The Morgan fingerprint density at radius 3 is 2.40 bits per heavy atom. The zero-order valence-electron chi connectivity index (χ0n) is 12.3. The number of aliphatic carboxylic acids is 1. The topological polar surface area (TPSA) is 118 Å². The zero-order chi connectivity index (χ0) is 18.8. The minimum Gasteiger partial charge on any atom is -0.480 e. The van der Waals surface area contributed by atoms with Crippen LogP contribution in [0, 0.1) is 10.1 Å². The fourth-order valence-corrected chi connectivity index (χ4v) is 4.09. The van der Waals surface area contributed by atoms with Gasteiger partial charge in [0.15, 0.2) is 4.90 Å². The third-order valence-corrected chi connectivity index (χ3v) is 5.72. The Morgan fingerprint density at radius 2 is 1.80 bits per heavy atom. The predicted octanol–water partition coefficient (Wildman–Crippen LogP) is 3.18. The maximum absolute atomic E-state index is 12.9. The molecule has 0 aromatic heterocycles. The van der Waals surface area contributed by atoms with Crippen LogP contribution in [0.25, 0.3) is 0 Å². The Kier molecular flexibility index (Phi) is 5.51. The van der Waals surface area contributed by atoms with Gasteiger partial charge in [-0.05, 0) is 18.2 Å². The van der Waals surface area contributed by atoms with Crippen LogP contribution in [0.4, 0.5) is 11.4 Å². The Hall–Kier alpha value is -2.36. The average Bonchev–Trinajstić information content (AvgIpc) is 2.55. The molecule has 11 heteroatoms. The summed E-state index contributed by atoms with van der Waals surface area (Å²) in [6.45, 7) is -0.992. The van der Waals surface area contributed by atoms with E-state index in [0.29, 0.717) is 4.31 Å². The lowest BCUT2D eigenvalue weighted by molar-refractivity contribution is -0.387. The van der Waals surface area contributed by atoms with Crippen molar-refractivity contribution in [3.05, 3.63) is 62.6 Å². The number of halogens is 2. The number of hydrogen-bond donors (Lipinski definition) is 1. The summed E-state index contributed by atoms with van der Waals surface area (Å²) < 4.78 is 26.3. The molecule has 0 aliphatic carbocycles. The minimum absolute atomic E-state index is 0.00677. The van der Waals surface area contributed by atoms with Gasteiger partial charge in [-0.25, -0.2) is 8.42 Å². The average molecular weight is 405 g/mol. The van der Waals surface area contributed by atoms with Crippen molar-refractivity contribution >= 4 is 50.6 Å². The quantitative estimate of drug-likeness (QED) is 0.583. The number of rotatable bonds is 6. The van der Waals surface area contributed by atoms with E-state index in [-0.39, 0.29) is 15.7 Å². The van der Waals surface area contributed by atoms with Gasteiger partial charge >= 0.3 is 5.97 Å². The fourth-order valence-electron chi connectivity index (χ4n) is 2.05. The second kappa shape index (κ2) is 7.26. The first-order valence-corrected chi connectivity index (χ1v) is 8.78. The van der Waals surface area contributed by atoms with Crippen LogP contribution in [0.2, 0.25) is 10.0 Å². The number of benzene rings is 2. The standard InChI is InChI=1S/C14H10Cl2N2O6S/c15-9-4-3-6-11(14(9)16)17(8-13(19)20)25(23,24)12-7-2-1-5-10(12)18(21)22/h1-7H,8H2,(H,19,20). The van der Waals surface area contributed by atoms with Crippen LogP contribution in [0.1, 0.15) is 0 Å². The second-order valence-electron chi connectivity index (χ2n) is 4.70. The number of hydrogen-bond acceptors (Lipinski definition) is 5. The molecule has 8 nitrogen and oxygen atoms in total. The molecule has 0 radical (unpaired) electrons. The summed E-state index contributed by atoms with van der Waals surface area (Å²) in [5.74, 6) is -1.47. The molecule has 2 aromatic carbocycles. The molecule has 0 unspecified atom stereocenters. The number of nitro benzene ring substituents is 1. The molecule has 0 bridgehead atoms. The van der Waals surface area contributed by atoms with Crippen molar-refractivity contribution in [2.45, 2.75) is 4.90 Å². The van der Waals surface area contributed by atoms with E-state index in [1.165, 1.54) is 30.3 Å². The maximum Gasteiger partial charge on any atom is 0.324 e. The Balaban J connectivity index is 2.72. The number of para-hydroxylation sites is 1. The molecule has 0 saturated heterocycles. The van der Waals surface area contributed by atoms with Gasteiger partial charge in [0.05, 0.1) is 20.7 Å². The number of carboxylic acid groups (broad SMARTS) is 1. The molecule has 0 aliphatic rings. The van der Waals surface area contributed by atoms with E-state index in [0.717, 1.165) is 12.1 Å². The molecule has 2 aromatic rings. The van der Waals surface area contributed by atoms with E-state index in [9.17, 15) is 23.3 Å². The number of nitrogens with zero attached hydrogens (tertiary/aromatic N) is 2. The van der Waals surface area contributed by atoms with Crippen molar-refractivity contribution in [1.29, 1.82) is 0 Å². The van der Waals surface area contributed by atoms with Crippen LogP contribution in [-0.4, -0.2) is 31.0 Å². The summed E-state index contributed by atoms with van der Waals surface area (Å²) in [7, 11) is -4.60. The van der Waals surface area contributed by atoms with Crippen molar-refractivity contribution in [2.75, 3.05) is 10.8 Å². The van der Waals surface area contributed by atoms with Crippen molar-refractivity contribution < 1.29 is 23.2 Å². The smallest absolute Gasteiger partial charge is 0.324 e. The molecule has 25 heavy (non-hydrogen) atoms.